The largest absolute Gasteiger partial charge is 0.354 e. The zero-order valence-electron chi connectivity index (χ0n) is 11.4. The van der Waals surface area contributed by atoms with E-state index in [1.165, 1.54) is 18.4 Å². The van der Waals surface area contributed by atoms with Crippen molar-refractivity contribution >= 4 is 5.91 Å². The van der Waals surface area contributed by atoms with Crippen LogP contribution in [0.15, 0.2) is 18.5 Å². The Labute approximate surface area is 109 Å². The maximum absolute atomic E-state index is 11.4. The van der Waals surface area contributed by atoms with E-state index < -0.39 is 0 Å². The molecular weight excluding hydrogens is 226 g/mol. The summed E-state index contributed by atoms with van der Waals surface area (Å²) in [6.45, 7) is 1.89. The van der Waals surface area contributed by atoms with Gasteiger partial charge < -0.3 is 14.8 Å². The van der Waals surface area contributed by atoms with E-state index in [0.29, 0.717) is 6.42 Å². The Morgan fingerprint density at radius 3 is 2.94 bits per heavy atom. The average Bonchev–Trinajstić information content (AvgIpc) is 3.06. The zero-order chi connectivity index (χ0) is 13.0. The lowest BCUT2D eigenvalue weighted by Gasteiger charge is -2.09. The van der Waals surface area contributed by atoms with Gasteiger partial charge in [0.15, 0.2) is 0 Å². The standard InChI is InChI=1S/C14H23N3O/c1-16(2)14(18)4-3-8-17-9-7-12(11-17)10-15-13-5-6-13/h7,9,11,13,15H,3-6,8,10H2,1-2H3. The van der Waals surface area contributed by atoms with E-state index in [1.54, 1.807) is 19.0 Å². The first-order valence-electron chi connectivity index (χ1n) is 6.73. The maximum Gasteiger partial charge on any atom is 0.222 e. The molecule has 0 spiro atoms. The number of aromatic nitrogens is 1. The third-order valence-electron chi connectivity index (χ3n) is 3.29. The van der Waals surface area contributed by atoms with Gasteiger partial charge in [-0.05, 0) is 30.9 Å². The lowest BCUT2D eigenvalue weighted by Crippen LogP contribution is -2.21. The highest BCUT2D eigenvalue weighted by atomic mass is 16.2. The predicted octanol–water partition coefficient (Wildman–Crippen LogP) is 1.61. The van der Waals surface area contributed by atoms with E-state index in [9.17, 15) is 4.79 Å². The predicted molar refractivity (Wildman–Crippen MR) is 72.2 cm³/mol. The SMILES string of the molecule is CN(C)C(=O)CCCn1ccc(CNC2CC2)c1. The number of nitrogens with zero attached hydrogens (tertiary/aromatic N) is 2. The van der Waals surface area contributed by atoms with Gasteiger partial charge in [-0.3, -0.25) is 4.79 Å². The number of carbonyl (C=O) groups is 1. The second-order valence-electron chi connectivity index (χ2n) is 5.30. The molecule has 4 nitrogen and oxygen atoms in total. The average molecular weight is 249 g/mol. The minimum atomic E-state index is 0.206. The number of hydrogen-bond donors (Lipinski definition) is 1. The highest BCUT2D eigenvalue weighted by Gasteiger charge is 2.19. The van der Waals surface area contributed by atoms with Gasteiger partial charge in [-0.1, -0.05) is 0 Å². The first-order chi connectivity index (χ1) is 8.65. The second kappa shape index (κ2) is 6.05. The van der Waals surface area contributed by atoms with Gasteiger partial charge in [-0.25, -0.2) is 0 Å². The molecule has 1 aliphatic rings. The van der Waals surface area contributed by atoms with Crippen LogP contribution in [0.5, 0.6) is 0 Å². The van der Waals surface area contributed by atoms with Crippen LogP contribution in [0.2, 0.25) is 0 Å². The first kappa shape index (κ1) is 13.1. The maximum atomic E-state index is 11.4. The number of nitrogens with one attached hydrogen (secondary N) is 1. The Kier molecular flexibility index (Phi) is 4.42. The summed E-state index contributed by atoms with van der Waals surface area (Å²) in [6.07, 6.45) is 8.46. The third kappa shape index (κ3) is 4.18. The Morgan fingerprint density at radius 1 is 1.50 bits per heavy atom. The van der Waals surface area contributed by atoms with Gasteiger partial charge in [0.1, 0.15) is 0 Å². The van der Waals surface area contributed by atoms with Crippen molar-refractivity contribution in [3.05, 3.63) is 24.0 Å². The second-order valence-corrected chi connectivity index (χ2v) is 5.30. The summed E-state index contributed by atoms with van der Waals surface area (Å²) in [5, 5.41) is 3.50. The monoisotopic (exact) mass is 249 g/mol. The quantitative estimate of drug-likeness (QED) is 0.797. The number of amides is 1. The topological polar surface area (TPSA) is 37.3 Å². The fourth-order valence-electron chi connectivity index (χ4n) is 1.92. The van der Waals surface area contributed by atoms with E-state index in [1.807, 2.05) is 0 Å². The van der Waals surface area contributed by atoms with Crippen LogP contribution in [0.25, 0.3) is 0 Å². The van der Waals surface area contributed by atoms with E-state index >= 15 is 0 Å². The Hall–Kier alpha value is -1.29. The molecule has 1 N–H and O–H groups in total. The summed E-state index contributed by atoms with van der Waals surface area (Å²) in [5.74, 6) is 0.206. The van der Waals surface area contributed by atoms with Crippen molar-refractivity contribution in [2.24, 2.45) is 0 Å². The van der Waals surface area contributed by atoms with Crippen LogP contribution in [0.3, 0.4) is 0 Å². The van der Waals surface area contributed by atoms with Crippen molar-refractivity contribution in [3.63, 3.8) is 0 Å². The third-order valence-corrected chi connectivity index (χ3v) is 3.29. The number of rotatable bonds is 7. The summed E-state index contributed by atoms with van der Waals surface area (Å²) < 4.78 is 2.17. The molecule has 0 bridgehead atoms. The van der Waals surface area contributed by atoms with E-state index in [-0.39, 0.29) is 5.91 Å². The molecule has 1 heterocycles. The molecule has 1 aromatic rings. The van der Waals surface area contributed by atoms with Crippen molar-refractivity contribution < 1.29 is 4.79 Å². The van der Waals surface area contributed by atoms with E-state index in [2.05, 4.69) is 28.3 Å². The Bertz CT molecular complexity index is 393. The minimum absolute atomic E-state index is 0.206. The molecule has 1 aliphatic carbocycles. The molecule has 4 heteroatoms. The Balaban J connectivity index is 1.67. The van der Waals surface area contributed by atoms with Crippen molar-refractivity contribution in [2.45, 2.75) is 44.8 Å². The highest BCUT2D eigenvalue weighted by Crippen LogP contribution is 2.19. The van der Waals surface area contributed by atoms with Crippen LogP contribution in [-0.4, -0.2) is 35.5 Å². The fraction of sp³-hybridized carbons (Fsp3) is 0.643. The Morgan fingerprint density at radius 2 is 2.28 bits per heavy atom. The first-order valence-corrected chi connectivity index (χ1v) is 6.73. The summed E-state index contributed by atoms with van der Waals surface area (Å²) in [6, 6.07) is 2.91. The van der Waals surface area contributed by atoms with Gasteiger partial charge in [0, 0.05) is 52.0 Å². The number of hydrogen-bond acceptors (Lipinski definition) is 2. The van der Waals surface area contributed by atoms with Crippen LogP contribution < -0.4 is 5.32 Å². The van der Waals surface area contributed by atoms with E-state index in [0.717, 1.165) is 25.6 Å². The molecule has 1 saturated carbocycles. The smallest absolute Gasteiger partial charge is 0.222 e. The number of aryl methyl sites for hydroxylation is 1. The van der Waals surface area contributed by atoms with Gasteiger partial charge >= 0.3 is 0 Å². The van der Waals surface area contributed by atoms with Crippen LogP contribution in [0.1, 0.15) is 31.2 Å². The molecule has 0 atom stereocenters. The van der Waals surface area contributed by atoms with Crippen LogP contribution in [-0.2, 0) is 17.9 Å². The molecule has 0 unspecified atom stereocenters. The zero-order valence-corrected chi connectivity index (χ0v) is 11.4. The van der Waals surface area contributed by atoms with Crippen molar-refractivity contribution in [1.29, 1.82) is 0 Å². The van der Waals surface area contributed by atoms with Crippen molar-refractivity contribution in [1.82, 2.24) is 14.8 Å². The van der Waals surface area contributed by atoms with Gasteiger partial charge in [-0.2, -0.15) is 0 Å². The summed E-state index contributed by atoms with van der Waals surface area (Å²) in [7, 11) is 3.61. The van der Waals surface area contributed by atoms with E-state index in [4.69, 9.17) is 0 Å². The highest BCUT2D eigenvalue weighted by molar-refractivity contribution is 5.75. The molecule has 1 fully saturated rings. The van der Waals surface area contributed by atoms with Crippen molar-refractivity contribution in [2.75, 3.05) is 14.1 Å². The van der Waals surface area contributed by atoms with Crippen LogP contribution >= 0.6 is 0 Å². The molecular formula is C14H23N3O. The lowest BCUT2D eigenvalue weighted by atomic mass is 10.3. The molecule has 0 radical (unpaired) electrons. The van der Waals surface area contributed by atoms with Crippen LogP contribution in [0, 0.1) is 0 Å². The summed E-state index contributed by atoms with van der Waals surface area (Å²) >= 11 is 0. The van der Waals surface area contributed by atoms with Gasteiger partial charge in [-0.15, -0.1) is 0 Å². The number of carbonyl (C=O) groups excluding carboxylic acids is 1. The van der Waals surface area contributed by atoms with Crippen molar-refractivity contribution in [3.8, 4) is 0 Å². The van der Waals surface area contributed by atoms with Gasteiger partial charge in [0.25, 0.3) is 0 Å². The van der Waals surface area contributed by atoms with Crippen LogP contribution in [0.4, 0.5) is 0 Å². The molecule has 1 aromatic heterocycles. The molecule has 0 aliphatic heterocycles. The normalized spacial score (nSPS) is 14.8. The molecule has 0 aromatic carbocycles. The minimum Gasteiger partial charge on any atom is -0.354 e. The lowest BCUT2D eigenvalue weighted by molar-refractivity contribution is -0.128. The van der Waals surface area contributed by atoms with Gasteiger partial charge in [0.2, 0.25) is 5.91 Å². The molecule has 18 heavy (non-hydrogen) atoms. The molecule has 100 valence electrons. The van der Waals surface area contributed by atoms with Gasteiger partial charge in [0.05, 0.1) is 0 Å². The summed E-state index contributed by atoms with van der Waals surface area (Å²) in [4.78, 5) is 13.1. The molecule has 2 rings (SSSR count). The molecule has 1 amide bonds. The summed E-state index contributed by atoms with van der Waals surface area (Å²) in [5.41, 5.74) is 1.33. The molecule has 0 saturated heterocycles. The fourth-order valence-corrected chi connectivity index (χ4v) is 1.92.